The van der Waals surface area contributed by atoms with Gasteiger partial charge in [-0.3, -0.25) is 10.4 Å². The average Bonchev–Trinajstić information content (AvgIpc) is 2.47. The number of rotatable bonds is 3. The van der Waals surface area contributed by atoms with E-state index in [0.29, 0.717) is 11.5 Å². The molecule has 0 amide bonds. The maximum Gasteiger partial charge on any atom is 0.146 e. The van der Waals surface area contributed by atoms with Crippen LogP contribution in [0.4, 0.5) is 0 Å². The first-order valence-electron chi connectivity index (χ1n) is 6.61. The van der Waals surface area contributed by atoms with Crippen molar-refractivity contribution in [1.82, 2.24) is 4.98 Å². The number of pyridine rings is 1. The Kier molecular flexibility index (Phi) is 3.28. The van der Waals surface area contributed by atoms with E-state index in [4.69, 9.17) is 15.9 Å². The number of aromatic nitrogens is 1. The molecule has 0 saturated heterocycles. The van der Waals surface area contributed by atoms with Crippen LogP contribution in [0, 0.1) is 12.3 Å². The van der Waals surface area contributed by atoms with Crippen molar-refractivity contribution in [2.24, 2.45) is 5.73 Å². The standard InChI is InChI=1S/C17H15N3O/c1-11-8-13(6-7-15(11)17(18)19)21-14-9-12-4-2-3-5-16(12)20-10-14/h2-10H,1H3,(H3,18,19). The topological polar surface area (TPSA) is 72.0 Å². The van der Waals surface area contributed by atoms with E-state index in [1.807, 2.05) is 43.3 Å². The lowest BCUT2D eigenvalue weighted by Crippen LogP contribution is -2.12. The molecule has 0 aliphatic rings. The van der Waals surface area contributed by atoms with Crippen molar-refractivity contribution in [2.75, 3.05) is 0 Å². The van der Waals surface area contributed by atoms with Crippen LogP contribution in [0.25, 0.3) is 10.9 Å². The lowest BCUT2D eigenvalue weighted by molar-refractivity contribution is 0.481. The molecule has 0 aliphatic carbocycles. The Balaban J connectivity index is 1.91. The van der Waals surface area contributed by atoms with Crippen molar-refractivity contribution in [3.63, 3.8) is 0 Å². The summed E-state index contributed by atoms with van der Waals surface area (Å²) in [6, 6.07) is 15.3. The summed E-state index contributed by atoms with van der Waals surface area (Å²) < 4.78 is 5.83. The van der Waals surface area contributed by atoms with Crippen molar-refractivity contribution >= 4 is 16.7 Å². The van der Waals surface area contributed by atoms with Crippen molar-refractivity contribution in [3.8, 4) is 11.5 Å². The number of fused-ring (bicyclic) bond motifs is 1. The Bertz CT molecular complexity index is 827. The number of para-hydroxylation sites is 1. The second-order valence-corrected chi connectivity index (χ2v) is 4.86. The first kappa shape index (κ1) is 13.1. The second kappa shape index (κ2) is 5.25. The quantitative estimate of drug-likeness (QED) is 0.567. The van der Waals surface area contributed by atoms with E-state index < -0.39 is 0 Å². The largest absolute Gasteiger partial charge is 0.456 e. The van der Waals surface area contributed by atoms with E-state index in [-0.39, 0.29) is 5.84 Å². The van der Waals surface area contributed by atoms with Crippen LogP contribution in [0.15, 0.2) is 54.7 Å². The van der Waals surface area contributed by atoms with Crippen LogP contribution < -0.4 is 10.5 Å². The summed E-state index contributed by atoms with van der Waals surface area (Å²) in [5.74, 6) is 1.45. The molecule has 3 N–H and O–H groups in total. The average molecular weight is 277 g/mol. The highest BCUT2D eigenvalue weighted by molar-refractivity contribution is 5.96. The van der Waals surface area contributed by atoms with Crippen molar-refractivity contribution < 1.29 is 4.74 Å². The van der Waals surface area contributed by atoms with E-state index in [0.717, 1.165) is 22.0 Å². The number of hydrogen-bond donors (Lipinski definition) is 2. The number of hydrogen-bond acceptors (Lipinski definition) is 3. The minimum absolute atomic E-state index is 0.0615. The summed E-state index contributed by atoms with van der Waals surface area (Å²) in [5, 5.41) is 8.52. The molecule has 0 aliphatic heterocycles. The summed E-state index contributed by atoms with van der Waals surface area (Å²) in [4.78, 5) is 4.37. The number of nitrogens with one attached hydrogen (secondary N) is 1. The zero-order chi connectivity index (χ0) is 14.8. The monoisotopic (exact) mass is 277 g/mol. The Labute approximate surface area is 122 Å². The van der Waals surface area contributed by atoms with Gasteiger partial charge in [-0.1, -0.05) is 18.2 Å². The van der Waals surface area contributed by atoms with Crippen molar-refractivity contribution in [2.45, 2.75) is 6.92 Å². The van der Waals surface area contributed by atoms with Crippen LogP contribution in [0.1, 0.15) is 11.1 Å². The van der Waals surface area contributed by atoms with E-state index in [1.54, 1.807) is 18.3 Å². The van der Waals surface area contributed by atoms with E-state index >= 15 is 0 Å². The fourth-order valence-corrected chi connectivity index (χ4v) is 2.24. The molecule has 0 fully saturated rings. The zero-order valence-electron chi connectivity index (χ0n) is 11.6. The van der Waals surface area contributed by atoms with Crippen molar-refractivity contribution in [3.05, 3.63) is 65.9 Å². The van der Waals surface area contributed by atoms with Gasteiger partial charge in [-0.25, -0.2) is 0 Å². The third-order valence-corrected chi connectivity index (χ3v) is 3.29. The maximum atomic E-state index is 7.49. The normalized spacial score (nSPS) is 10.5. The van der Waals surface area contributed by atoms with Crippen LogP contribution >= 0.6 is 0 Å². The fraction of sp³-hybridized carbons (Fsp3) is 0.0588. The predicted octanol–water partition coefficient (Wildman–Crippen LogP) is 3.62. The van der Waals surface area contributed by atoms with Crippen LogP contribution in [0.3, 0.4) is 0 Å². The molecule has 0 bridgehead atoms. The number of amidine groups is 1. The molecule has 0 spiro atoms. The summed E-state index contributed by atoms with van der Waals surface area (Å²) in [6.07, 6.45) is 1.70. The van der Waals surface area contributed by atoms with Gasteiger partial charge in [-0.2, -0.15) is 0 Å². The lowest BCUT2D eigenvalue weighted by Gasteiger charge is -2.09. The summed E-state index contributed by atoms with van der Waals surface area (Å²) >= 11 is 0. The molecular weight excluding hydrogens is 262 g/mol. The summed E-state index contributed by atoms with van der Waals surface area (Å²) in [5.41, 5.74) is 8.08. The molecule has 3 aromatic rings. The molecule has 104 valence electrons. The van der Waals surface area contributed by atoms with Gasteiger partial charge in [0.25, 0.3) is 0 Å². The molecule has 1 heterocycles. The Morgan fingerprint density at radius 3 is 2.67 bits per heavy atom. The van der Waals surface area contributed by atoms with Gasteiger partial charge in [-0.15, -0.1) is 0 Å². The molecule has 3 rings (SSSR count). The minimum atomic E-state index is 0.0615. The highest BCUT2D eigenvalue weighted by atomic mass is 16.5. The number of ether oxygens (including phenoxy) is 1. The maximum absolute atomic E-state index is 7.49. The molecule has 0 saturated carbocycles. The van der Waals surface area contributed by atoms with Crippen LogP contribution in [-0.2, 0) is 0 Å². The van der Waals surface area contributed by atoms with Crippen LogP contribution in [-0.4, -0.2) is 10.8 Å². The predicted molar refractivity (Wildman–Crippen MR) is 84.0 cm³/mol. The molecule has 2 aromatic carbocycles. The zero-order valence-corrected chi connectivity index (χ0v) is 11.6. The molecule has 4 heteroatoms. The highest BCUT2D eigenvalue weighted by Gasteiger charge is 2.05. The number of nitrogens with zero attached hydrogens (tertiary/aromatic N) is 1. The third kappa shape index (κ3) is 2.69. The molecule has 0 atom stereocenters. The molecule has 1 aromatic heterocycles. The van der Waals surface area contributed by atoms with E-state index in [9.17, 15) is 0 Å². The van der Waals surface area contributed by atoms with Gasteiger partial charge in [0.15, 0.2) is 0 Å². The minimum Gasteiger partial charge on any atom is -0.456 e. The van der Waals surface area contributed by atoms with Gasteiger partial charge < -0.3 is 10.5 Å². The van der Waals surface area contributed by atoms with Gasteiger partial charge >= 0.3 is 0 Å². The highest BCUT2D eigenvalue weighted by Crippen LogP contribution is 2.25. The molecule has 4 nitrogen and oxygen atoms in total. The molecule has 21 heavy (non-hydrogen) atoms. The molecule has 0 radical (unpaired) electrons. The third-order valence-electron chi connectivity index (χ3n) is 3.29. The Morgan fingerprint density at radius 1 is 1.10 bits per heavy atom. The van der Waals surface area contributed by atoms with Gasteiger partial charge in [0, 0.05) is 10.9 Å². The smallest absolute Gasteiger partial charge is 0.146 e. The summed E-state index contributed by atoms with van der Waals surface area (Å²) in [6.45, 7) is 1.90. The summed E-state index contributed by atoms with van der Waals surface area (Å²) in [7, 11) is 0. The molecule has 0 unspecified atom stereocenters. The van der Waals surface area contributed by atoms with Gasteiger partial charge in [0.1, 0.15) is 17.3 Å². The number of nitrogen functional groups attached to an aromatic ring is 1. The Hall–Kier alpha value is -2.88. The van der Waals surface area contributed by atoms with Crippen LogP contribution in [0.5, 0.6) is 11.5 Å². The van der Waals surface area contributed by atoms with Gasteiger partial charge in [-0.05, 0) is 42.8 Å². The van der Waals surface area contributed by atoms with Gasteiger partial charge in [0.2, 0.25) is 0 Å². The lowest BCUT2D eigenvalue weighted by atomic mass is 10.1. The molecular formula is C17H15N3O. The van der Waals surface area contributed by atoms with E-state index in [1.165, 1.54) is 0 Å². The number of nitrogens with two attached hydrogens (primary N) is 1. The van der Waals surface area contributed by atoms with Crippen LogP contribution in [0.2, 0.25) is 0 Å². The van der Waals surface area contributed by atoms with Crippen molar-refractivity contribution in [1.29, 1.82) is 5.41 Å². The van der Waals surface area contributed by atoms with E-state index in [2.05, 4.69) is 4.98 Å². The Morgan fingerprint density at radius 2 is 1.90 bits per heavy atom. The first-order valence-corrected chi connectivity index (χ1v) is 6.61. The number of aryl methyl sites for hydroxylation is 1. The second-order valence-electron chi connectivity index (χ2n) is 4.86. The first-order chi connectivity index (χ1) is 10.1. The van der Waals surface area contributed by atoms with Gasteiger partial charge in [0.05, 0.1) is 11.7 Å². The fourth-order valence-electron chi connectivity index (χ4n) is 2.24. The number of benzene rings is 2. The SMILES string of the molecule is Cc1cc(Oc2cnc3ccccc3c2)ccc1C(=N)N.